The zero-order valence-electron chi connectivity index (χ0n) is 19.5. The number of hydrogen-bond acceptors (Lipinski definition) is 5. The predicted molar refractivity (Wildman–Crippen MR) is 133 cm³/mol. The zero-order valence-corrected chi connectivity index (χ0v) is 20.2. The molecule has 2 aromatic heterocycles. The Bertz CT molecular complexity index is 1400. The number of rotatable bonds is 4. The maximum atomic E-state index is 13.5. The topological polar surface area (TPSA) is 93.0 Å². The number of carbonyl (C=O) groups excluding carboxylic acids is 2. The number of nitrogens with zero attached hydrogens (tertiary/aromatic N) is 5. The normalized spacial score (nSPS) is 18.0. The Morgan fingerprint density at radius 1 is 1.11 bits per heavy atom. The lowest BCUT2D eigenvalue weighted by Crippen LogP contribution is -2.51. The van der Waals surface area contributed by atoms with Gasteiger partial charge in [0.25, 0.3) is 11.8 Å². The van der Waals surface area contributed by atoms with E-state index in [2.05, 4.69) is 20.4 Å². The molecule has 1 saturated heterocycles. The van der Waals surface area contributed by atoms with Gasteiger partial charge in [-0.1, -0.05) is 41.9 Å². The summed E-state index contributed by atoms with van der Waals surface area (Å²) in [4.78, 5) is 36.9. The van der Waals surface area contributed by atoms with Crippen molar-refractivity contribution in [1.29, 1.82) is 0 Å². The Labute approximate surface area is 207 Å². The molecule has 2 atom stereocenters. The van der Waals surface area contributed by atoms with Crippen LogP contribution in [0.5, 0.6) is 0 Å². The fraction of sp³-hybridized carbons (Fsp3) is 0.269. The lowest BCUT2D eigenvalue weighted by atomic mass is 9.85. The Morgan fingerprint density at radius 2 is 1.89 bits per heavy atom. The minimum absolute atomic E-state index is 0.0643. The van der Waals surface area contributed by atoms with Crippen molar-refractivity contribution in [3.63, 3.8) is 0 Å². The lowest BCUT2D eigenvalue weighted by Gasteiger charge is -2.39. The average Bonchev–Trinajstić information content (AvgIpc) is 3.22. The lowest BCUT2D eigenvalue weighted by molar-refractivity contribution is 0.0671. The van der Waals surface area contributed by atoms with Crippen LogP contribution in [0.2, 0.25) is 5.02 Å². The molecule has 2 aromatic carbocycles. The van der Waals surface area contributed by atoms with E-state index in [0.717, 1.165) is 5.56 Å². The first-order valence-corrected chi connectivity index (χ1v) is 11.8. The van der Waals surface area contributed by atoms with Crippen molar-refractivity contribution in [3.05, 3.63) is 88.5 Å². The largest absolute Gasteiger partial charge is 0.348 e. The molecule has 1 aliphatic heterocycles. The highest BCUT2D eigenvalue weighted by Crippen LogP contribution is 2.30. The molecule has 0 radical (unpaired) electrons. The molecule has 4 aromatic rings. The van der Waals surface area contributed by atoms with E-state index in [-0.39, 0.29) is 23.8 Å². The standard InChI is InChI=1S/C26H25ClN6O2/c1-16-19(14-32(2)31-16)25(34)30-22-8-11-33(15-20(22)17-6-4-3-5-7-17)26(35)18-12-21(27)24-23(13-18)28-9-10-29-24/h3-7,9-10,12-14,20,22H,8,11,15H2,1-2H3,(H,30,34)/t20-,22-/m1/s1. The number of carbonyl (C=O) groups is 2. The molecule has 3 heterocycles. The van der Waals surface area contributed by atoms with Gasteiger partial charge >= 0.3 is 0 Å². The highest BCUT2D eigenvalue weighted by molar-refractivity contribution is 6.35. The quantitative estimate of drug-likeness (QED) is 0.472. The van der Waals surface area contributed by atoms with Crippen LogP contribution in [-0.4, -0.2) is 55.6 Å². The summed E-state index contributed by atoms with van der Waals surface area (Å²) in [6, 6.07) is 13.2. The molecule has 0 bridgehead atoms. The van der Waals surface area contributed by atoms with Gasteiger partial charge in [0.05, 0.1) is 21.8 Å². The zero-order chi connectivity index (χ0) is 24.5. The van der Waals surface area contributed by atoms with Crippen molar-refractivity contribution >= 4 is 34.4 Å². The molecule has 178 valence electrons. The van der Waals surface area contributed by atoms with Crippen molar-refractivity contribution < 1.29 is 9.59 Å². The van der Waals surface area contributed by atoms with E-state index in [9.17, 15) is 9.59 Å². The molecule has 0 unspecified atom stereocenters. The fourth-order valence-corrected chi connectivity index (χ4v) is 5.02. The molecule has 1 fully saturated rings. The number of hydrogen-bond donors (Lipinski definition) is 1. The molecule has 1 N–H and O–H groups in total. The van der Waals surface area contributed by atoms with E-state index >= 15 is 0 Å². The maximum absolute atomic E-state index is 13.5. The minimum Gasteiger partial charge on any atom is -0.348 e. The molecule has 35 heavy (non-hydrogen) atoms. The molecule has 0 saturated carbocycles. The van der Waals surface area contributed by atoms with Crippen LogP contribution in [0.4, 0.5) is 0 Å². The summed E-state index contributed by atoms with van der Waals surface area (Å²) in [6.45, 7) is 2.80. The van der Waals surface area contributed by atoms with Crippen molar-refractivity contribution in [3.8, 4) is 0 Å². The highest BCUT2D eigenvalue weighted by Gasteiger charge is 2.34. The van der Waals surface area contributed by atoms with Crippen molar-refractivity contribution in [2.75, 3.05) is 13.1 Å². The summed E-state index contributed by atoms with van der Waals surface area (Å²) in [7, 11) is 1.80. The van der Waals surface area contributed by atoms with E-state index in [4.69, 9.17) is 11.6 Å². The number of aryl methyl sites for hydroxylation is 2. The number of fused-ring (bicyclic) bond motifs is 1. The smallest absolute Gasteiger partial charge is 0.254 e. The van der Waals surface area contributed by atoms with Gasteiger partial charge in [0.2, 0.25) is 0 Å². The molecule has 0 aliphatic carbocycles. The number of likely N-dealkylation sites (tertiary alicyclic amines) is 1. The third-order valence-electron chi connectivity index (χ3n) is 6.48. The first-order valence-electron chi connectivity index (χ1n) is 11.5. The molecular weight excluding hydrogens is 464 g/mol. The van der Waals surface area contributed by atoms with E-state index < -0.39 is 0 Å². The van der Waals surface area contributed by atoms with Gasteiger partial charge in [0.1, 0.15) is 5.52 Å². The monoisotopic (exact) mass is 488 g/mol. The average molecular weight is 489 g/mol. The number of halogens is 1. The molecular formula is C26H25ClN6O2. The summed E-state index contributed by atoms with van der Waals surface area (Å²) in [5.41, 5.74) is 3.94. The van der Waals surface area contributed by atoms with Crippen molar-refractivity contribution in [1.82, 2.24) is 30.0 Å². The second-order valence-electron chi connectivity index (χ2n) is 8.82. The van der Waals surface area contributed by atoms with Gasteiger partial charge < -0.3 is 10.2 Å². The van der Waals surface area contributed by atoms with E-state index in [1.54, 1.807) is 42.5 Å². The Kier molecular flexibility index (Phi) is 6.21. The Morgan fingerprint density at radius 3 is 2.63 bits per heavy atom. The summed E-state index contributed by atoms with van der Waals surface area (Å²) in [6.07, 6.45) is 5.51. The number of aromatic nitrogens is 4. The summed E-state index contributed by atoms with van der Waals surface area (Å²) >= 11 is 6.40. The molecule has 2 amide bonds. The number of piperidine rings is 1. The molecule has 1 aliphatic rings. The van der Waals surface area contributed by atoms with Crippen LogP contribution in [0.3, 0.4) is 0 Å². The summed E-state index contributed by atoms with van der Waals surface area (Å²) < 4.78 is 1.64. The highest BCUT2D eigenvalue weighted by atomic mass is 35.5. The van der Waals surface area contributed by atoms with Crippen LogP contribution in [0.1, 0.15) is 44.3 Å². The van der Waals surface area contributed by atoms with Crippen molar-refractivity contribution in [2.45, 2.75) is 25.3 Å². The Balaban J connectivity index is 1.40. The summed E-state index contributed by atoms with van der Waals surface area (Å²) in [5, 5.41) is 7.88. The first kappa shape index (κ1) is 23.0. The van der Waals surface area contributed by atoms with Gasteiger partial charge in [-0.15, -0.1) is 0 Å². The summed E-state index contributed by atoms with van der Waals surface area (Å²) in [5.74, 6) is -0.333. The third kappa shape index (κ3) is 4.61. The molecule has 0 spiro atoms. The van der Waals surface area contributed by atoms with Crippen LogP contribution in [-0.2, 0) is 7.05 Å². The van der Waals surface area contributed by atoms with Gasteiger partial charge in [-0.2, -0.15) is 5.10 Å². The maximum Gasteiger partial charge on any atom is 0.254 e. The Hall–Kier alpha value is -3.78. The predicted octanol–water partition coefficient (Wildman–Crippen LogP) is 3.75. The SMILES string of the molecule is Cc1nn(C)cc1C(=O)N[C@@H]1CCN(C(=O)c2cc(Cl)c3nccnc3c2)C[C@@H]1c1ccccc1. The van der Waals surface area contributed by atoms with Gasteiger partial charge in [0.15, 0.2) is 0 Å². The third-order valence-corrected chi connectivity index (χ3v) is 6.76. The van der Waals surface area contributed by atoms with Gasteiger partial charge in [-0.05, 0) is 31.0 Å². The van der Waals surface area contributed by atoms with Crippen LogP contribution in [0.25, 0.3) is 11.0 Å². The first-order chi connectivity index (χ1) is 16.9. The number of nitrogens with one attached hydrogen (secondary N) is 1. The van der Waals surface area contributed by atoms with Gasteiger partial charge in [-0.25, -0.2) is 0 Å². The van der Waals surface area contributed by atoms with E-state index in [1.807, 2.05) is 42.2 Å². The van der Waals surface area contributed by atoms with Gasteiger partial charge in [-0.3, -0.25) is 24.2 Å². The number of amides is 2. The number of benzene rings is 2. The molecule has 9 heteroatoms. The van der Waals surface area contributed by atoms with Crippen LogP contribution >= 0.6 is 11.6 Å². The van der Waals surface area contributed by atoms with Crippen LogP contribution < -0.4 is 5.32 Å². The second kappa shape index (κ2) is 9.46. The van der Waals surface area contributed by atoms with E-state index in [0.29, 0.717) is 52.4 Å². The van der Waals surface area contributed by atoms with E-state index in [1.165, 1.54) is 0 Å². The van der Waals surface area contributed by atoms with Gasteiger partial charge in [0, 0.05) is 56.3 Å². The van der Waals surface area contributed by atoms with Crippen LogP contribution in [0.15, 0.2) is 61.1 Å². The van der Waals surface area contributed by atoms with Crippen LogP contribution in [0, 0.1) is 6.92 Å². The molecule has 5 rings (SSSR count). The second-order valence-corrected chi connectivity index (χ2v) is 9.23. The fourth-order valence-electron chi connectivity index (χ4n) is 4.75. The minimum atomic E-state index is -0.152. The van der Waals surface area contributed by atoms with Crippen molar-refractivity contribution in [2.24, 2.45) is 7.05 Å². The molecule has 8 nitrogen and oxygen atoms in total.